The van der Waals surface area contributed by atoms with E-state index in [0.717, 1.165) is 16.9 Å². The third-order valence-electron chi connectivity index (χ3n) is 5.01. The number of fused-ring (bicyclic) bond motifs is 1. The fourth-order valence-corrected chi connectivity index (χ4v) is 3.30. The van der Waals surface area contributed by atoms with E-state index in [1.165, 1.54) is 13.2 Å². The Hall–Kier alpha value is -3.81. The van der Waals surface area contributed by atoms with Gasteiger partial charge in [0.15, 0.2) is 17.3 Å². The van der Waals surface area contributed by atoms with Crippen molar-refractivity contribution in [3.05, 3.63) is 77.8 Å². The molecule has 7 nitrogen and oxygen atoms in total. The minimum atomic E-state index is -0.441. The Bertz CT molecular complexity index is 1220. The summed E-state index contributed by atoms with van der Waals surface area (Å²) in [5.74, 6) is 0.0583. The van der Waals surface area contributed by atoms with E-state index in [9.17, 15) is 9.18 Å². The van der Waals surface area contributed by atoms with E-state index in [0.29, 0.717) is 36.3 Å². The SMILES string of the molecule is CCC(=O)c1cc(CCc2cnc(Nc3ccc4nccn4c3)nc2)c(F)c(OC)c1. The first kappa shape index (κ1) is 20.5. The van der Waals surface area contributed by atoms with E-state index in [1.807, 2.05) is 28.9 Å². The molecule has 0 aliphatic rings. The van der Waals surface area contributed by atoms with Crippen molar-refractivity contribution in [2.45, 2.75) is 26.2 Å². The fourth-order valence-electron chi connectivity index (χ4n) is 3.30. The van der Waals surface area contributed by atoms with Gasteiger partial charge in [0, 0.05) is 43.0 Å². The van der Waals surface area contributed by atoms with E-state index in [1.54, 1.807) is 31.6 Å². The average molecular weight is 419 g/mol. The van der Waals surface area contributed by atoms with Crippen LogP contribution in [0.15, 0.2) is 55.2 Å². The lowest BCUT2D eigenvalue weighted by atomic mass is 10.00. The van der Waals surface area contributed by atoms with E-state index in [4.69, 9.17) is 4.74 Å². The van der Waals surface area contributed by atoms with Crippen LogP contribution in [0.1, 0.15) is 34.8 Å². The van der Waals surface area contributed by atoms with Crippen molar-refractivity contribution in [1.82, 2.24) is 19.4 Å². The lowest BCUT2D eigenvalue weighted by molar-refractivity contribution is 0.0987. The van der Waals surface area contributed by atoms with E-state index >= 15 is 0 Å². The molecule has 0 aliphatic carbocycles. The third-order valence-corrected chi connectivity index (χ3v) is 5.01. The Morgan fingerprint density at radius 3 is 2.71 bits per heavy atom. The molecular weight excluding hydrogens is 397 g/mol. The number of aryl methyl sites for hydroxylation is 2. The van der Waals surface area contributed by atoms with Crippen molar-refractivity contribution in [2.75, 3.05) is 12.4 Å². The number of hydrogen-bond donors (Lipinski definition) is 1. The van der Waals surface area contributed by atoms with Crippen LogP contribution in [0.3, 0.4) is 0 Å². The molecule has 0 fully saturated rings. The molecule has 31 heavy (non-hydrogen) atoms. The zero-order valence-corrected chi connectivity index (χ0v) is 17.3. The summed E-state index contributed by atoms with van der Waals surface area (Å²) in [6.45, 7) is 1.78. The number of nitrogens with zero attached hydrogens (tertiary/aromatic N) is 4. The number of Topliss-reactive ketones (excluding diaryl/α,β-unsaturated/α-hetero) is 1. The molecule has 3 aromatic heterocycles. The van der Waals surface area contributed by atoms with Gasteiger partial charge in [-0.15, -0.1) is 0 Å². The first-order chi connectivity index (χ1) is 15.1. The van der Waals surface area contributed by atoms with E-state index in [2.05, 4.69) is 20.3 Å². The van der Waals surface area contributed by atoms with Crippen LogP contribution in [0.25, 0.3) is 5.65 Å². The maximum Gasteiger partial charge on any atom is 0.227 e. The number of rotatable bonds is 8. The van der Waals surface area contributed by atoms with Crippen LogP contribution in [0.2, 0.25) is 0 Å². The molecule has 0 aliphatic heterocycles. The predicted octanol–water partition coefficient (Wildman–Crippen LogP) is 4.39. The van der Waals surface area contributed by atoms with Gasteiger partial charge in [0.2, 0.25) is 5.95 Å². The Kier molecular flexibility index (Phi) is 5.88. The van der Waals surface area contributed by atoms with Gasteiger partial charge in [-0.25, -0.2) is 19.3 Å². The number of aromatic nitrogens is 4. The predicted molar refractivity (Wildman–Crippen MR) is 115 cm³/mol. The second kappa shape index (κ2) is 8.91. The number of pyridine rings is 1. The van der Waals surface area contributed by atoms with Gasteiger partial charge in [-0.05, 0) is 48.2 Å². The number of anilines is 2. The highest BCUT2D eigenvalue weighted by Crippen LogP contribution is 2.25. The minimum absolute atomic E-state index is 0.0489. The Morgan fingerprint density at radius 2 is 1.97 bits per heavy atom. The highest BCUT2D eigenvalue weighted by Gasteiger charge is 2.15. The summed E-state index contributed by atoms with van der Waals surface area (Å²) >= 11 is 0. The fraction of sp³-hybridized carbons (Fsp3) is 0.217. The third kappa shape index (κ3) is 4.53. The number of ether oxygens (including phenoxy) is 1. The van der Waals surface area contributed by atoms with Crippen molar-refractivity contribution < 1.29 is 13.9 Å². The Morgan fingerprint density at radius 1 is 1.16 bits per heavy atom. The number of imidazole rings is 1. The molecule has 0 bridgehead atoms. The summed E-state index contributed by atoms with van der Waals surface area (Å²) in [6.07, 6.45) is 10.2. The summed E-state index contributed by atoms with van der Waals surface area (Å²) in [7, 11) is 1.40. The topological polar surface area (TPSA) is 81.4 Å². The highest BCUT2D eigenvalue weighted by molar-refractivity contribution is 5.96. The van der Waals surface area contributed by atoms with Crippen molar-refractivity contribution >= 4 is 23.1 Å². The molecule has 0 unspecified atom stereocenters. The lowest BCUT2D eigenvalue weighted by Crippen LogP contribution is -2.05. The summed E-state index contributed by atoms with van der Waals surface area (Å²) in [5, 5.41) is 3.15. The maximum atomic E-state index is 14.6. The smallest absolute Gasteiger partial charge is 0.227 e. The van der Waals surface area contributed by atoms with E-state index < -0.39 is 5.82 Å². The van der Waals surface area contributed by atoms with Gasteiger partial charge in [0.1, 0.15) is 5.65 Å². The molecule has 8 heteroatoms. The molecule has 0 saturated carbocycles. The van der Waals surface area contributed by atoms with Crippen molar-refractivity contribution in [3.63, 3.8) is 0 Å². The normalized spacial score (nSPS) is 10.9. The van der Waals surface area contributed by atoms with Crippen LogP contribution >= 0.6 is 0 Å². The Balaban J connectivity index is 1.45. The summed E-state index contributed by atoms with van der Waals surface area (Å²) in [4.78, 5) is 25.0. The molecule has 0 saturated heterocycles. The summed E-state index contributed by atoms with van der Waals surface area (Å²) in [6, 6.07) is 6.86. The van der Waals surface area contributed by atoms with Crippen molar-refractivity contribution in [3.8, 4) is 5.75 Å². The lowest BCUT2D eigenvalue weighted by Gasteiger charge is -2.11. The van der Waals surface area contributed by atoms with Crippen LogP contribution in [0.4, 0.5) is 16.0 Å². The van der Waals surface area contributed by atoms with E-state index in [-0.39, 0.29) is 11.5 Å². The van der Waals surface area contributed by atoms with Gasteiger partial charge in [-0.3, -0.25) is 4.79 Å². The molecule has 1 aromatic carbocycles. The van der Waals surface area contributed by atoms with Crippen LogP contribution in [-0.2, 0) is 12.8 Å². The van der Waals surface area contributed by atoms with Crippen LogP contribution in [0.5, 0.6) is 5.75 Å². The molecular formula is C23H22FN5O2. The number of halogens is 1. The number of benzene rings is 1. The van der Waals surface area contributed by atoms with Crippen LogP contribution < -0.4 is 10.1 Å². The number of carbonyl (C=O) groups is 1. The van der Waals surface area contributed by atoms with Crippen LogP contribution in [-0.4, -0.2) is 32.2 Å². The molecule has 0 radical (unpaired) electrons. The number of ketones is 1. The van der Waals surface area contributed by atoms with Gasteiger partial charge in [0.05, 0.1) is 12.8 Å². The molecule has 4 rings (SSSR count). The first-order valence-corrected chi connectivity index (χ1v) is 9.97. The highest BCUT2D eigenvalue weighted by atomic mass is 19.1. The standard InChI is InChI=1S/C23H22FN5O2/c1-3-19(30)17-10-16(22(24)20(11-17)31-2)5-4-15-12-26-23(27-13-15)28-18-6-7-21-25-8-9-29(21)14-18/h6-14H,3-5H2,1-2H3,(H,26,27,28). The zero-order chi connectivity index (χ0) is 21.8. The zero-order valence-electron chi connectivity index (χ0n) is 17.3. The quantitative estimate of drug-likeness (QED) is 0.427. The van der Waals surface area contributed by atoms with Gasteiger partial charge >= 0.3 is 0 Å². The number of methoxy groups -OCH3 is 1. The number of carbonyl (C=O) groups excluding carboxylic acids is 1. The molecule has 4 aromatic rings. The van der Waals surface area contributed by atoms with Crippen LogP contribution in [0, 0.1) is 5.82 Å². The van der Waals surface area contributed by atoms with Gasteiger partial charge in [-0.1, -0.05) is 6.92 Å². The van der Waals surface area contributed by atoms with Crippen molar-refractivity contribution in [1.29, 1.82) is 0 Å². The summed E-state index contributed by atoms with van der Waals surface area (Å²) < 4.78 is 21.6. The second-order valence-corrected chi connectivity index (χ2v) is 7.08. The molecule has 1 N–H and O–H groups in total. The molecule has 0 amide bonds. The maximum absolute atomic E-state index is 14.6. The van der Waals surface area contributed by atoms with Gasteiger partial charge < -0.3 is 14.5 Å². The second-order valence-electron chi connectivity index (χ2n) is 7.08. The largest absolute Gasteiger partial charge is 0.494 e. The molecule has 3 heterocycles. The number of nitrogens with one attached hydrogen (secondary N) is 1. The molecule has 0 atom stereocenters. The first-order valence-electron chi connectivity index (χ1n) is 9.97. The van der Waals surface area contributed by atoms with Crippen molar-refractivity contribution in [2.24, 2.45) is 0 Å². The van der Waals surface area contributed by atoms with Gasteiger partial charge in [0.25, 0.3) is 0 Å². The molecule has 158 valence electrons. The number of hydrogen-bond acceptors (Lipinski definition) is 6. The minimum Gasteiger partial charge on any atom is -0.494 e. The Labute approximate surface area is 179 Å². The average Bonchev–Trinajstić information content (AvgIpc) is 3.26. The summed E-state index contributed by atoms with van der Waals surface area (Å²) in [5.41, 5.74) is 3.45. The van der Waals surface area contributed by atoms with Gasteiger partial charge in [-0.2, -0.15) is 0 Å². The monoisotopic (exact) mass is 419 g/mol. The molecule has 0 spiro atoms.